The number of halogens is 4. The molecule has 0 radical (unpaired) electrons. The Labute approximate surface area is 198 Å². The van der Waals surface area contributed by atoms with Crippen LogP contribution in [0.15, 0.2) is 59.1 Å². The van der Waals surface area contributed by atoms with Gasteiger partial charge in [0.1, 0.15) is 5.84 Å². The number of hydrogen-bond acceptors (Lipinski definition) is 2. The van der Waals surface area contributed by atoms with Crippen LogP contribution < -0.4 is 4.90 Å². The molecular weight excluding hydrogens is 497 g/mol. The molecule has 0 amide bonds. The van der Waals surface area contributed by atoms with E-state index in [1.165, 1.54) is 33.2 Å². The lowest BCUT2D eigenvalue weighted by atomic mass is 9.96. The summed E-state index contributed by atoms with van der Waals surface area (Å²) < 4.78 is 32.9. The van der Waals surface area contributed by atoms with Crippen LogP contribution in [-0.4, -0.2) is 29.6 Å². The number of nitrogens with one attached hydrogen (secondary N) is 1. The molecule has 0 saturated carbocycles. The maximum Gasteiger partial charge on any atom is 0.490 e. The summed E-state index contributed by atoms with van der Waals surface area (Å²) in [6, 6.07) is 19.4. The van der Waals surface area contributed by atoms with Crippen molar-refractivity contribution in [2.24, 2.45) is 0 Å². The van der Waals surface area contributed by atoms with Crippen molar-refractivity contribution >= 4 is 44.2 Å². The van der Waals surface area contributed by atoms with E-state index in [0.717, 1.165) is 23.9 Å². The summed E-state index contributed by atoms with van der Waals surface area (Å²) in [7, 11) is 0. The number of carboxylic acids is 1. The Morgan fingerprint density at radius 3 is 2.36 bits per heavy atom. The fraction of sp³-hybridized carbons (Fsp3) is 0.280. The summed E-state index contributed by atoms with van der Waals surface area (Å²) in [5.41, 5.74) is 5.17. The van der Waals surface area contributed by atoms with Crippen molar-refractivity contribution in [2.75, 3.05) is 11.4 Å². The molecule has 0 aliphatic carbocycles. The van der Waals surface area contributed by atoms with Crippen molar-refractivity contribution < 1.29 is 23.1 Å². The van der Waals surface area contributed by atoms with Crippen LogP contribution in [0.25, 0.3) is 10.8 Å². The lowest BCUT2D eigenvalue weighted by Gasteiger charge is -2.21. The van der Waals surface area contributed by atoms with Gasteiger partial charge in [0.05, 0.1) is 0 Å². The maximum atomic E-state index is 10.6. The number of hydrogen-bond donors (Lipinski definition) is 2. The van der Waals surface area contributed by atoms with Gasteiger partial charge in [-0.3, -0.25) is 5.41 Å². The maximum absolute atomic E-state index is 10.6. The first-order chi connectivity index (χ1) is 15.5. The summed E-state index contributed by atoms with van der Waals surface area (Å²) >= 11 is 3.67. The third-order valence-corrected chi connectivity index (χ3v) is 6.30. The molecule has 1 unspecified atom stereocenters. The van der Waals surface area contributed by atoms with Gasteiger partial charge in [-0.2, -0.15) is 13.2 Å². The van der Waals surface area contributed by atoms with Crippen LogP contribution in [0.5, 0.6) is 0 Å². The number of anilines is 1. The molecule has 2 N–H and O–H groups in total. The van der Waals surface area contributed by atoms with Gasteiger partial charge in [-0.05, 0) is 47.4 Å². The molecule has 0 aromatic heterocycles. The third-order valence-electron chi connectivity index (χ3n) is 5.61. The Kier molecular flexibility index (Phi) is 7.47. The summed E-state index contributed by atoms with van der Waals surface area (Å²) in [5.74, 6) is -1.61. The van der Waals surface area contributed by atoms with E-state index >= 15 is 0 Å². The normalized spacial score (nSPS) is 15.1. The molecule has 4 rings (SSSR count). The highest BCUT2D eigenvalue weighted by molar-refractivity contribution is 9.10. The Morgan fingerprint density at radius 2 is 1.76 bits per heavy atom. The van der Waals surface area contributed by atoms with E-state index in [1.54, 1.807) is 0 Å². The minimum absolute atomic E-state index is 0.433. The van der Waals surface area contributed by atoms with Gasteiger partial charge in [0.25, 0.3) is 0 Å². The minimum atomic E-state index is -5.08. The molecule has 8 heteroatoms. The molecule has 0 saturated heterocycles. The Balaban J connectivity index is 0.000000383. The van der Waals surface area contributed by atoms with Crippen molar-refractivity contribution in [2.45, 2.75) is 38.8 Å². The van der Waals surface area contributed by atoms with Crippen LogP contribution in [0.4, 0.5) is 18.9 Å². The largest absolute Gasteiger partial charge is 0.490 e. The van der Waals surface area contributed by atoms with E-state index < -0.39 is 12.1 Å². The zero-order valence-corrected chi connectivity index (χ0v) is 19.8. The van der Waals surface area contributed by atoms with Crippen molar-refractivity contribution in [3.63, 3.8) is 0 Å². The smallest absolute Gasteiger partial charge is 0.475 e. The molecule has 1 aliphatic rings. The fourth-order valence-corrected chi connectivity index (χ4v) is 4.45. The summed E-state index contributed by atoms with van der Waals surface area (Å²) in [4.78, 5) is 11.1. The topological polar surface area (TPSA) is 64.4 Å². The monoisotopic (exact) mass is 520 g/mol. The standard InChI is InChI=1S/C23H23BrN2.C2HF3O2/c1-15-6-8-17(9-7-15)10-13-22(25)26-14-16(2)23-19-4-3-5-20(24)18(19)11-12-21(23)26;3-2(4,5)1(6)7/h3-9,11-12,16,25H,10,13-14H2,1-2H3;(H,6,7). The molecular formula is C25H24BrF3N2O2. The molecule has 0 fully saturated rings. The second-order valence-electron chi connectivity index (χ2n) is 8.08. The zero-order valence-electron chi connectivity index (χ0n) is 18.2. The molecule has 3 aromatic carbocycles. The summed E-state index contributed by atoms with van der Waals surface area (Å²) in [6.07, 6.45) is -3.40. The second-order valence-corrected chi connectivity index (χ2v) is 8.93. The van der Waals surface area contributed by atoms with Gasteiger partial charge >= 0.3 is 12.1 Å². The molecule has 1 aliphatic heterocycles. The predicted octanol–water partition coefficient (Wildman–Crippen LogP) is 7.08. The zero-order chi connectivity index (χ0) is 24.3. The van der Waals surface area contributed by atoms with Gasteiger partial charge in [-0.25, -0.2) is 4.79 Å². The Bertz CT molecular complexity index is 1180. The van der Waals surface area contributed by atoms with Gasteiger partial charge < -0.3 is 10.0 Å². The molecule has 33 heavy (non-hydrogen) atoms. The van der Waals surface area contributed by atoms with Crippen LogP contribution in [0.2, 0.25) is 0 Å². The number of aryl methyl sites for hydroxylation is 2. The molecule has 174 valence electrons. The number of fused-ring (bicyclic) bond motifs is 3. The second kappa shape index (κ2) is 9.95. The first-order valence-corrected chi connectivity index (χ1v) is 11.2. The van der Waals surface area contributed by atoms with Crippen LogP contribution in [0.1, 0.15) is 36.0 Å². The number of rotatable bonds is 3. The van der Waals surface area contributed by atoms with Crippen molar-refractivity contribution in [1.29, 1.82) is 5.41 Å². The number of benzene rings is 3. The number of carboxylic acid groups (broad SMARTS) is 1. The summed E-state index contributed by atoms with van der Waals surface area (Å²) in [5, 5.41) is 18.3. The molecule has 4 nitrogen and oxygen atoms in total. The van der Waals surface area contributed by atoms with Crippen molar-refractivity contribution in [1.82, 2.24) is 0 Å². The van der Waals surface area contributed by atoms with Crippen LogP contribution in [0.3, 0.4) is 0 Å². The highest BCUT2D eigenvalue weighted by Gasteiger charge is 2.38. The first kappa shape index (κ1) is 24.8. The predicted molar refractivity (Wildman–Crippen MR) is 128 cm³/mol. The molecule has 0 bridgehead atoms. The van der Waals surface area contributed by atoms with E-state index in [0.29, 0.717) is 11.8 Å². The van der Waals surface area contributed by atoms with Crippen LogP contribution >= 0.6 is 15.9 Å². The Hall–Kier alpha value is -2.87. The van der Waals surface area contributed by atoms with Gasteiger partial charge in [-0.15, -0.1) is 0 Å². The van der Waals surface area contributed by atoms with E-state index in [-0.39, 0.29) is 0 Å². The van der Waals surface area contributed by atoms with Gasteiger partial charge in [0, 0.05) is 29.0 Å². The number of amidine groups is 1. The Morgan fingerprint density at radius 1 is 1.12 bits per heavy atom. The average Bonchev–Trinajstić information content (AvgIpc) is 3.10. The average molecular weight is 521 g/mol. The molecule has 1 atom stereocenters. The number of nitrogens with zero attached hydrogens (tertiary/aromatic N) is 1. The highest BCUT2D eigenvalue weighted by atomic mass is 79.9. The highest BCUT2D eigenvalue weighted by Crippen LogP contribution is 2.42. The van der Waals surface area contributed by atoms with Gasteiger partial charge in [0.2, 0.25) is 0 Å². The van der Waals surface area contributed by atoms with E-state index in [4.69, 9.17) is 15.3 Å². The van der Waals surface area contributed by atoms with Crippen LogP contribution in [-0.2, 0) is 11.2 Å². The van der Waals surface area contributed by atoms with E-state index in [9.17, 15) is 13.2 Å². The number of aliphatic carboxylic acids is 1. The van der Waals surface area contributed by atoms with Gasteiger partial charge in [-0.1, -0.05) is 70.9 Å². The van der Waals surface area contributed by atoms with Crippen molar-refractivity contribution in [3.05, 3.63) is 75.8 Å². The molecule has 0 spiro atoms. The van der Waals surface area contributed by atoms with Crippen molar-refractivity contribution in [3.8, 4) is 0 Å². The lowest BCUT2D eigenvalue weighted by Crippen LogP contribution is -2.29. The number of alkyl halides is 3. The van der Waals surface area contributed by atoms with Gasteiger partial charge in [0.15, 0.2) is 0 Å². The SMILES string of the molecule is Cc1ccc(CCC(=N)N2CC(C)c3c2ccc2c(Br)cccc32)cc1.O=C(O)C(F)(F)F. The van der Waals surface area contributed by atoms with Crippen LogP contribution in [0, 0.1) is 12.3 Å². The summed E-state index contributed by atoms with van der Waals surface area (Å²) in [6.45, 7) is 5.27. The third kappa shape index (κ3) is 5.74. The van der Waals surface area contributed by atoms with E-state index in [1.807, 2.05) is 0 Å². The lowest BCUT2D eigenvalue weighted by molar-refractivity contribution is -0.192. The van der Waals surface area contributed by atoms with E-state index in [2.05, 4.69) is 89.3 Å². The fourth-order valence-electron chi connectivity index (χ4n) is 3.96. The minimum Gasteiger partial charge on any atom is -0.475 e. The number of carbonyl (C=O) groups is 1. The first-order valence-electron chi connectivity index (χ1n) is 10.4. The molecule has 1 heterocycles. The molecule has 3 aromatic rings. The quantitative estimate of drug-likeness (QED) is 0.286.